The van der Waals surface area contributed by atoms with E-state index < -0.39 is 5.60 Å². The van der Waals surface area contributed by atoms with Crippen LogP contribution in [0.1, 0.15) is 20.3 Å². The van der Waals surface area contributed by atoms with E-state index in [2.05, 4.69) is 5.32 Å². The maximum Gasteiger partial charge on any atom is 0.256 e. The van der Waals surface area contributed by atoms with Gasteiger partial charge in [-0.05, 0) is 25.5 Å². The van der Waals surface area contributed by atoms with Crippen molar-refractivity contribution in [3.8, 4) is 11.8 Å². The second-order valence-corrected chi connectivity index (χ2v) is 4.22. The lowest BCUT2D eigenvalue weighted by Gasteiger charge is -2.25. The molecule has 1 N–H and O–H groups in total. The van der Waals surface area contributed by atoms with E-state index in [1.807, 2.05) is 13.0 Å². The first-order valence-corrected chi connectivity index (χ1v) is 6.02. The predicted molar refractivity (Wildman–Crippen MR) is 71.9 cm³/mol. The molecule has 0 saturated heterocycles. The number of methoxy groups -OCH3 is 1. The highest BCUT2D eigenvalue weighted by Gasteiger charge is 2.30. The zero-order chi connectivity index (χ0) is 14.3. The van der Waals surface area contributed by atoms with Gasteiger partial charge in [0.1, 0.15) is 17.4 Å². The lowest BCUT2D eigenvalue weighted by Crippen LogP contribution is -2.41. The predicted octanol–water partition coefficient (Wildman–Crippen LogP) is 2.34. The number of nitriles is 1. The molecule has 5 nitrogen and oxygen atoms in total. The number of amides is 1. The highest BCUT2D eigenvalue weighted by atomic mass is 16.5. The first-order chi connectivity index (χ1) is 9.05. The fourth-order valence-corrected chi connectivity index (χ4v) is 1.44. The minimum atomic E-state index is -0.858. The Hall–Kier alpha value is -2.06. The van der Waals surface area contributed by atoms with Crippen molar-refractivity contribution in [2.24, 2.45) is 0 Å². The summed E-state index contributed by atoms with van der Waals surface area (Å²) in [6.45, 7) is 3.59. The minimum Gasteiger partial charge on any atom is -0.479 e. The summed E-state index contributed by atoms with van der Waals surface area (Å²) >= 11 is 0. The van der Waals surface area contributed by atoms with Crippen molar-refractivity contribution in [1.29, 1.82) is 5.26 Å². The third-order valence-corrected chi connectivity index (χ3v) is 3.00. The molecule has 0 bridgehead atoms. The normalized spacial score (nSPS) is 13.2. The molecule has 1 amide bonds. The average Bonchev–Trinajstić information content (AvgIpc) is 2.44. The molecule has 1 atom stereocenters. The molecule has 0 aromatic heterocycles. The van der Waals surface area contributed by atoms with Gasteiger partial charge in [0.15, 0.2) is 6.61 Å². The maximum atomic E-state index is 12.1. The molecule has 0 heterocycles. The fraction of sp³-hybridized carbons (Fsp3) is 0.429. The van der Waals surface area contributed by atoms with Gasteiger partial charge in [0.05, 0.1) is 0 Å². The molecular weight excluding hydrogens is 244 g/mol. The molecule has 0 aliphatic carbocycles. The summed E-state index contributed by atoms with van der Waals surface area (Å²) in [5, 5.41) is 11.2. The number of hydrogen-bond donors (Lipinski definition) is 1. The smallest absolute Gasteiger partial charge is 0.256 e. The summed E-state index contributed by atoms with van der Waals surface area (Å²) in [5.41, 5.74) is -0.249. The molecule has 0 fully saturated rings. The van der Waals surface area contributed by atoms with Gasteiger partial charge in [-0.15, -0.1) is 0 Å². The Morgan fingerprint density at radius 3 is 2.84 bits per heavy atom. The molecule has 0 radical (unpaired) electrons. The molecule has 1 rings (SSSR count). The van der Waals surface area contributed by atoms with Crippen molar-refractivity contribution in [2.45, 2.75) is 25.9 Å². The zero-order valence-corrected chi connectivity index (χ0v) is 11.4. The van der Waals surface area contributed by atoms with Crippen LogP contribution in [0.4, 0.5) is 5.69 Å². The van der Waals surface area contributed by atoms with Crippen LogP contribution in [0.25, 0.3) is 0 Å². The van der Waals surface area contributed by atoms with Crippen LogP contribution in [0.5, 0.6) is 5.75 Å². The molecule has 0 saturated carbocycles. The van der Waals surface area contributed by atoms with Gasteiger partial charge in [-0.2, -0.15) is 5.26 Å². The van der Waals surface area contributed by atoms with Gasteiger partial charge in [-0.1, -0.05) is 13.0 Å². The van der Waals surface area contributed by atoms with Gasteiger partial charge in [0.2, 0.25) is 0 Å². The number of benzene rings is 1. The van der Waals surface area contributed by atoms with Gasteiger partial charge in [-0.25, -0.2) is 0 Å². The molecule has 0 spiro atoms. The Morgan fingerprint density at radius 2 is 2.26 bits per heavy atom. The monoisotopic (exact) mass is 262 g/mol. The molecule has 0 aliphatic heterocycles. The SMILES string of the molecule is CCC(C)(OC)C(=O)Nc1cccc(OCC#N)c1. The van der Waals surface area contributed by atoms with E-state index in [1.165, 1.54) is 7.11 Å². The standard InChI is InChI=1S/C14H18N2O3/c1-4-14(2,18-3)13(17)16-11-6-5-7-12(10-11)19-9-8-15/h5-7,10H,4,9H2,1-3H3,(H,16,17). The van der Waals surface area contributed by atoms with Gasteiger partial charge in [0.25, 0.3) is 5.91 Å². The number of nitrogens with zero attached hydrogens (tertiary/aromatic N) is 1. The Bertz CT molecular complexity index is 476. The summed E-state index contributed by atoms with van der Waals surface area (Å²) in [6.07, 6.45) is 0.569. The van der Waals surface area contributed by atoms with Gasteiger partial charge >= 0.3 is 0 Å². The number of hydrogen-bond acceptors (Lipinski definition) is 4. The van der Waals surface area contributed by atoms with Crippen molar-refractivity contribution in [1.82, 2.24) is 0 Å². The maximum absolute atomic E-state index is 12.1. The van der Waals surface area contributed by atoms with E-state index in [-0.39, 0.29) is 12.5 Å². The number of ether oxygens (including phenoxy) is 2. The topological polar surface area (TPSA) is 71.3 Å². The van der Waals surface area contributed by atoms with Crippen LogP contribution in [0.2, 0.25) is 0 Å². The van der Waals surface area contributed by atoms with E-state index in [9.17, 15) is 4.79 Å². The highest BCUT2D eigenvalue weighted by Crippen LogP contribution is 2.21. The van der Waals surface area contributed by atoms with Crippen LogP contribution in [-0.4, -0.2) is 25.2 Å². The Kier molecular flexibility index (Phi) is 5.34. The van der Waals surface area contributed by atoms with Crippen molar-refractivity contribution in [3.05, 3.63) is 24.3 Å². The number of carbonyl (C=O) groups excluding carboxylic acids is 1. The van der Waals surface area contributed by atoms with E-state index in [0.29, 0.717) is 17.9 Å². The van der Waals surface area contributed by atoms with Crippen molar-refractivity contribution in [2.75, 3.05) is 19.0 Å². The molecule has 1 aromatic carbocycles. The van der Waals surface area contributed by atoms with Crippen LogP contribution >= 0.6 is 0 Å². The Morgan fingerprint density at radius 1 is 1.53 bits per heavy atom. The summed E-state index contributed by atoms with van der Waals surface area (Å²) in [7, 11) is 1.51. The molecule has 102 valence electrons. The third-order valence-electron chi connectivity index (χ3n) is 3.00. The van der Waals surface area contributed by atoms with E-state index in [4.69, 9.17) is 14.7 Å². The summed E-state index contributed by atoms with van der Waals surface area (Å²) in [6, 6.07) is 8.78. The summed E-state index contributed by atoms with van der Waals surface area (Å²) in [4.78, 5) is 12.1. The van der Waals surface area contributed by atoms with Crippen molar-refractivity contribution >= 4 is 11.6 Å². The van der Waals surface area contributed by atoms with Gasteiger partial charge in [-0.3, -0.25) is 4.79 Å². The lowest BCUT2D eigenvalue weighted by atomic mass is 10.0. The Balaban J connectivity index is 2.77. The largest absolute Gasteiger partial charge is 0.479 e. The molecule has 1 aromatic rings. The molecule has 5 heteroatoms. The number of anilines is 1. The van der Waals surface area contributed by atoms with E-state index >= 15 is 0 Å². The number of nitrogens with one attached hydrogen (secondary N) is 1. The summed E-state index contributed by atoms with van der Waals surface area (Å²) < 4.78 is 10.4. The van der Waals surface area contributed by atoms with Crippen LogP contribution < -0.4 is 10.1 Å². The van der Waals surface area contributed by atoms with E-state index in [0.717, 1.165) is 0 Å². The number of carbonyl (C=O) groups is 1. The third kappa shape index (κ3) is 3.97. The van der Waals surface area contributed by atoms with Crippen LogP contribution in [0, 0.1) is 11.3 Å². The number of rotatable bonds is 6. The van der Waals surface area contributed by atoms with Gasteiger partial charge in [0, 0.05) is 18.9 Å². The van der Waals surface area contributed by atoms with Crippen LogP contribution in [-0.2, 0) is 9.53 Å². The van der Waals surface area contributed by atoms with Crippen molar-refractivity contribution < 1.29 is 14.3 Å². The fourth-order valence-electron chi connectivity index (χ4n) is 1.44. The summed E-state index contributed by atoms with van der Waals surface area (Å²) in [5.74, 6) is 0.324. The molecule has 19 heavy (non-hydrogen) atoms. The second-order valence-electron chi connectivity index (χ2n) is 4.22. The van der Waals surface area contributed by atoms with Crippen LogP contribution in [0.3, 0.4) is 0 Å². The van der Waals surface area contributed by atoms with E-state index in [1.54, 1.807) is 31.2 Å². The molecular formula is C14H18N2O3. The van der Waals surface area contributed by atoms with Gasteiger partial charge < -0.3 is 14.8 Å². The average molecular weight is 262 g/mol. The van der Waals surface area contributed by atoms with Crippen molar-refractivity contribution in [3.63, 3.8) is 0 Å². The van der Waals surface area contributed by atoms with Crippen LogP contribution in [0.15, 0.2) is 24.3 Å². The minimum absolute atomic E-state index is 0.0256. The highest BCUT2D eigenvalue weighted by molar-refractivity contribution is 5.97. The molecule has 0 aliphatic rings. The molecule has 1 unspecified atom stereocenters. The first-order valence-electron chi connectivity index (χ1n) is 6.02. The Labute approximate surface area is 113 Å². The second kappa shape index (κ2) is 6.76. The quantitative estimate of drug-likeness (QED) is 0.854. The lowest BCUT2D eigenvalue weighted by molar-refractivity contribution is -0.136. The first kappa shape index (κ1) is 15.0. The zero-order valence-electron chi connectivity index (χ0n) is 11.4.